The van der Waals surface area contributed by atoms with Crippen LogP contribution in [0, 0.1) is 0 Å². The normalized spacial score (nSPS) is 18.0. The van der Waals surface area contributed by atoms with Crippen molar-refractivity contribution in [3.63, 3.8) is 0 Å². The van der Waals surface area contributed by atoms with E-state index in [9.17, 15) is 9.59 Å². The minimum atomic E-state index is -0.531. The summed E-state index contributed by atoms with van der Waals surface area (Å²) >= 11 is 0. The smallest absolute Gasteiger partial charge is 0.412 e. The molecule has 1 aliphatic rings. The minimum Gasteiger partial charge on any atom is -0.444 e. The van der Waals surface area contributed by atoms with Gasteiger partial charge in [0.1, 0.15) is 11.2 Å². The van der Waals surface area contributed by atoms with Crippen LogP contribution in [0.1, 0.15) is 65.9 Å². The van der Waals surface area contributed by atoms with E-state index in [4.69, 9.17) is 9.47 Å². The summed E-state index contributed by atoms with van der Waals surface area (Å²) in [5.41, 5.74) is 0.821. The Balaban J connectivity index is 1.96. The summed E-state index contributed by atoms with van der Waals surface area (Å²) in [6.07, 6.45) is 1.25. The predicted molar refractivity (Wildman–Crippen MR) is 106 cm³/mol. The Hall–Kier alpha value is -2.24. The van der Waals surface area contributed by atoms with Gasteiger partial charge in [0, 0.05) is 24.7 Å². The Morgan fingerprint density at radius 3 is 2.15 bits per heavy atom. The zero-order valence-electron chi connectivity index (χ0n) is 17.3. The molecule has 150 valence electrons. The van der Waals surface area contributed by atoms with E-state index < -0.39 is 17.3 Å². The van der Waals surface area contributed by atoms with Crippen LogP contribution in [-0.2, 0) is 9.47 Å². The first-order valence-corrected chi connectivity index (χ1v) is 9.51. The molecule has 1 heterocycles. The molecule has 1 aromatic rings. The highest BCUT2D eigenvalue weighted by atomic mass is 16.6. The number of benzene rings is 1. The predicted octanol–water partition coefficient (Wildman–Crippen LogP) is 5.15. The van der Waals surface area contributed by atoms with Gasteiger partial charge in [-0.2, -0.15) is 0 Å². The van der Waals surface area contributed by atoms with Gasteiger partial charge in [0.2, 0.25) is 0 Å². The summed E-state index contributed by atoms with van der Waals surface area (Å²) in [6, 6.07) is 7.73. The van der Waals surface area contributed by atoms with Crippen molar-refractivity contribution in [3.8, 4) is 0 Å². The summed E-state index contributed by atoms with van der Waals surface area (Å²) in [5.74, 6) is 0.266. The SMILES string of the molecule is CC(C)(C)OC(=O)Nc1ccc([C@H]2CCCN(C(=O)OC(C)(C)C)C2)cc1. The van der Waals surface area contributed by atoms with Gasteiger partial charge in [0.25, 0.3) is 0 Å². The Kier molecular flexibility index (Phi) is 6.39. The quantitative estimate of drug-likeness (QED) is 0.775. The van der Waals surface area contributed by atoms with Crippen molar-refractivity contribution < 1.29 is 19.1 Å². The molecule has 0 aromatic heterocycles. The molecule has 6 heteroatoms. The van der Waals surface area contributed by atoms with Gasteiger partial charge in [-0.05, 0) is 72.1 Å². The van der Waals surface area contributed by atoms with Crippen LogP contribution in [0.5, 0.6) is 0 Å². The van der Waals surface area contributed by atoms with Crippen LogP contribution in [0.25, 0.3) is 0 Å². The first-order valence-electron chi connectivity index (χ1n) is 9.51. The van der Waals surface area contributed by atoms with Gasteiger partial charge in [0.05, 0.1) is 0 Å². The van der Waals surface area contributed by atoms with Crippen molar-refractivity contribution >= 4 is 17.9 Å². The van der Waals surface area contributed by atoms with Crippen LogP contribution in [0.3, 0.4) is 0 Å². The average Bonchev–Trinajstić information content (AvgIpc) is 2.52. The standard InChI is InChI=1S/C21H32N2O4/c1-20(2,3)26-18(24)22-17-11-9-15(10-12-17)16-8-7-13-23(14-16)19(25)27-21(4,5)6/h9-12,16H,7-8,13-14H2,1-6H3,(H,22,24)/t16-/m0/s1. The zero-order valence-corrected chi connectivity index (χ0v) is 17.3. The number of hydrogen-bond donors (Lipinski definition) is 1. The van der Waals surface area contributed by atoms with Crippen LogP contribution in [-0.4, -0.2) is 41.4 Å². The molecule has 0 bridgehead atoms. The van der Waals surface area contributed by atoms with Gasteiger partial charge in [0.15, 0.2) is 0 Å². The molecule has 1 N–H and O–H groups in total. The number of nitrogens with zero attached hydrogens (tertiary/aromatic N) is 1. The van der Waals surface area contributed by atoms with Crippen molar-refractivity contribution in [1.82, 2.24) is 4.90 Å². The van der Waals surface area contributed by atoms with Crippen LogP contribution in [0.15, 0.2) is 24.3 Å². The Morgan fingerprint density at radius 1 is 1.00 bits per heavy atom. The second-order valence-electron chi connectivity index (χ2n) is 9.01. The first-order chi connectivity index (χ1) is 12.4. The van der Waals surface area contributed by atoms with E-state index >= 15 is 0 Å². The molecule has 0 spiro atoms. The molecular weight excluding hydrogens is 344 g/mol. The summed E-state index contributed by atoms with van der Waals surface area (Å²) < 4.78 is 10.7. The second-order valence-corrected chi connectivity index (χ2v) is 9.01. The van der Waals surface area contributed by atoms with Crippen molar-refractivity contribution in [3.05, 3.63) is 29.8 Å². The molecule has 1 aromatic carbocycles. The molecule has 1 fully saturated rings. The van der Waals surface area contributed by atoms with Crippen molar-refractivity contribution in [2.45, 2.75) is 71.5 Å². The van der Waals surface area contributed by atoms with Crippen LogP contribution in [0.4, 0.5) is 15.3 Å². The maximum atomic E-state index is 12.3. The van der Waals surface area contributed by atoms with Crippen LogP contribution in [0.2, 0.25) is 0 Å². The Labute approximate surface area is 162 Å². The molecule has 27 heavy (non-hydrogen) atoms. The topological polar surface area (TPSA) is 67.9 Å². The Bertz CT molecular complexity index is 656. The fourth-order valence-electron chi connectivity index (χ4n) is 3.00. The van der Waals surface area contributed by atoms with E-state index in [0.29, 0.717) is 12.2 Å². The van der Waals surface area contributed by atoms with E-state index in [1.54, 1.807) is 4.90 Å². The number of amides is 2. The van der Waals surface area contributed by atoms with Gasteiger partial charge in [-0.25, -0.2) is 9.59 Å². The number of rotatable bonds is 2. The Morgan fingerprint density at radius 2 is 1.59 bits per heavy atom. The molecule has 0 saturated carbocycles. The van der Waals surface area contributed by atoms with Crippen LogP contribution < -0.4 is 5.32 Å². The number of ether oxygens (including phenoxy) is 2. The highest BCUT2D eigenvalue weighted by Crippen LogP contribution is 2.28. The largest absolute Gasteiger partial charge is 0.444 e. The van der Waals surface area contributed by atoms with Crippen molar-refractivity contribution in [2.75, 3.05) is 18.4 Å². The number of carbonyl (C=O) groups is 2. The molecule has 2 amide bonds. The van der Waals surface area contributed by atoms with Crippen molar-refractivity contribution in [1.29, 1.82) is 0 Å². The lowest BCUT2D eigenvalue weighted by Gasteiger charge is -2.34. The summed E-state index contributed by atoms with van der Waals surface area (Å²) in [7, 11) is 0. The van der Waals surface area contributed by atoms with Gasteiger partial charge in [-0.1, -0.05) is 12.1 Å². The monoisotopic (exact) mass is 376 g/mol. The molecule has 1 aliphatic heterocycles. The van der Waals surface area contributed by atoms with Gasteiger partial charge < -0.3 is 14.4 Å². The number of likely N-dealkylation sites (tertiary alicyclic amines) is 1. The third-order valence-electron chi connectivity index (χ3n) is 4.10. The summed E-state index contributed by atoms with van der Waals surface area (Å²) in [6.45, 7) is 12.5. The van der Waals surface area contributed by atoms with Crippen LogP contribution >= 0.6 is 0 Å². The minimum absolute atomic E-state index is 0.254. The first kappa shape index (κ1) is 21.1. The lowest BCUT2D eigenvalue weighted by Crippen LogP contribution is -2.42. The fourth-order valence-corrected chi connectivity index (χ4v) is 3.00. The lowest BCUT2D eigenvalue weighted by atomic mass is 9.91. The second kappa shape index (κ2) is 8.19. The average molecular weight is 376 g/mol. The summed E-state index contributed by atoms with van der Waals surface area (Å²) in [4.78, 5) is 26.0. The highest BCUT2D eigenvalue weighted by molar-refractivity contribution is 5.84. The molecule has 0 aliphatic carbocycles. The molecule has 2 rings (SSSR count). The molecule has 1 atom stereocenters. The molecular formula is C21H32N2O4. The van der Waals surface area contributed by atoms with Gasteiger partial charge >= 0.3 is 12.2 Å². The van der Waals surface area contributed by atoms with Gasteiger partial charge in [-0.3, -0.25) is 5.32 Å². The van der Waals surface area contributed by atoms with E-state index in [1.807, 2.05) is 65.8 Å². The number of piperidine rings is 1. The zero-order chi connectivity index (χ0) is 20.2. The maximum Gasteiger partial charge on any atom is 0.412 e. The molecule has 1 saturated heterocycles. The third-order valence-corrected chi connectivity index (χ3v) is 4.10. The van der Waals surface area contributed by atoms with E-state index in [2.05, 4.69) is 5.32 Å². The van der Waals surface area contributed by atoms with Crippen molar-refractivity contribution in [2.24, 2.45) is 0 Å². The number of carbonyl (C=O) groups excluding carboxylic acids is 2. The number of anilines is 1. The van der Waals surface area contributed by atoms with E-state index in [-0.39, 0.29) is 12.0 Å². The maximum absolute atomic E-state index is 12.3. The van der Waals surface area contributed by atoms with Gasteiger partial charge in [-0.15, -0.1) is 0 Å². The third kappa shape index (κ3) is 7.12. The molecule has 0 unspecified atom stereocenters. The lowest BCUT2D eigenvalue weighted by molar-refractivity contribution is 0.0198. The summed E-state index contributed by atoms with van der Waals surface area (Å²) in [5, 5.41) is 2.74. The molecule has 0 radical (unpaired) electrons. The van der Waals surface area contributed by atoms with E-state index in [1.165, 1.54) is 0 Å². The number of hydrogen-bond acceptors (Lipinski definition) is 4. The number of nitrogens with one attached hydrogen (secondary N) is 1. The fraction of sp³-hybridized carbons (Fsp3) is 0.619. The molecule has 6 nitrogen and oxygen atoms in total. The highest BCUT2D eigenvalue weighted by Gasteiger charge is 2.28. The van der Waals surface area contributed by atoms with E-state index in [0.717, 1.165) is 24.9 Å².